The third kappa shape index (κ3) is 8.40. The van der Waals surface area contributed by atoms with E-state index in [4.69, 9.17) is 0 Å². The second kappa shape index (κ2) is 13.1. The summed E-state index contributed by atoms with van der Waals surface area (Å²) in [7, 11) is 0. The molecule has 0 atom stereocenters. The van der Waals surface area contributed by atoms with Crippen molar-refractivity contribution < 1.29 is 0 Å². The molecule has 0 unspecified atom stereocenters. The first-order valence-corrected chi connectivity index (χ1v) is 10.8. The van der Waals surface area contributed by atoms with Crippen LogP contribution in [-0.2, 0) is 25.7 Å². The van der Waals surface area contributed by atoms with Crippen molar-refractivity contribution in [1.82, 2.24) is 9.97 Å². The van der Waals surface area contributed by atoms with Crippen molar-refractivity contribution in [1.29, 1.82) is 0 Å². The number of nitrogens with zero attached hydrogens (tertiary/aromatic N) is 2. The molecular weight excluding hydrogens is 364 g/mol. The molecule has 0 N–H and O–H groups in total. The van der Waals surface area contributed by atoms with Crippen molar-refractivity contribution >= 4 is 0 Å². The van der Waals surface area contributed by atoms with E-state index in [1.807, 2.05) is 24.8 Å². The maximum Gasteiger partial charge on any atom is 0.0270 e. The van der Waals surface area contributed by atoms with Gasteiger partial charge in [0, 0.05) is 24.8 Å². The Bertz CT molecular complexity index is 763. The maximum atomic E-state index is 4.01. The molecule has 0 radical (unpaired) electrons. The molecule has 2 heterocycles. The minimum absolute atomic E-state index is 1.14. The highest BCUT2D eigenvalue weighted by molar-refractivity contribution is 5.17. The second-order valence-electron chi connectivity index (χ2n) is 7.39. The van der Waals surface area contributed by atoms with Crippen LogP contribution < -0.4 is 0 Å². The summed E-state index contributed by atoms with van der Waals surface area (Å²) in [4.78, 5) is 8.02. The van der Waals surface area contributed by atoms with Crippen LogP contribution in [0.4, 0.5) is 0 Å². The summed E-state index contributed by atoms with van der Waals surface area (Å²) in [5, 5.41) is 0. The van der Waals surface area contributed by atoms with E-state index in [-0.39, 0.29) is 0 Å². The van der Waals surface area contributed by atoms with E-state index >= 15 is 0 Å². The van der Waals surface area contributed by atoms with Crippen molar-refractivity contribution in [3.8, 4) is 0 Å². The Morgan fingerprint density at radius 3 is 1.00 bits per heavy atom. The van der Waals surface area contributed by atoms with Gasteiger partial charge in [-0.3, -0.25) is 9.97 Å². The van der Waals surface area contributed by atoms with Crippen LogP contribution in [0.25, 0.3) is 0 Å². The van der Waals surface area contributed by atoms with Crippen molar-refractivity contribution in [2.24, 2.45) is 0 Å². The van der Waals surface area contributed by atoms with Gasteiger partial charge in [-0.25, -0.2) is 0 Å². The summed E-state index contributed by atoms with van der Waals surface area (Å²) in [5.41, 5.74) is 5.60. The van der Waals surface area contributed by atoms with Crippen LogP contribution in [0.5, 0.6) is 0 Å². The quantitative estimate of drug-likeness (QED) is 0.340. The molecule has 30 heavy (non-hydrogen) atoms. The van der Waals surface area contributed by atoms with Crippen molar-refractivity contribution in [2.45, 2.75) is 38.5 Å². The Morgan fingerprint density at radius 1 is 0.367 bits per heavy atom. The zero-order valence-corrected chi connectivity index (χ0v) is 17.5. The summed E-state index contributed by atoms with van der Waals surface area (Å²) >= 11 is 0. The zero-order chi connectivity index (χ0) is 20.7. The molecule has 152 valence electrons. The predicted octanol–water partition coefficient (Wildman–Crippen LogP) is 6.51. The van der Waals surface area contributed by atoms with Crippen LogP contribution >= 0.6 is 0 Å². The second-order valence-corrected chi connectivity index (χ2v) is 7.39. The average Bonchev–Trinajstić information content (AvgIpc) is 2.82. The Kier molecular flexibility index (Phi) is 9.33. The molecule has 0 aliphatic heterocycles. The summed E-state index contributed by atoms with van der Waals surface area (Å²) in [6, 6.07) is 29.6. The van der Waals surface area contributed by atoms with Gasteiger partial charge in [0.15, 0.2) is 0 Å². The molecule has 4 aromatic rings. The lowest BCUT2D eigenvalue weighted by Gasteiger charge is -2.01. The first-order valence-electron chi connectivity index (χ1n) is 10.8. The Hall–Kier alpha value is -3.26. The van der Waals surface area contributed by atoms with Crippen LogP contribution in [0.15, 0.2) is 110 Å². The number of pyridine rings is 2. The molecule has 0 aliphatic rings. The fourth-order valence-corrected chi connectivity index (χ4v) is 3.38. The molecule has 4 rings (SSSR count). The van der Waals surface area contributed by atoms with Crippen molar-refractivity contribution in [3.63, 3.8) is 0 Å². The Balaban J connectivity index is 0.000000171. The summed E-state index contributed by atoms with van der Waals surface area (Å²) in [6.07, 6.45) is 14.4. The molecule has 2 nitrogen and oxygen atoms in total. The van der Waals surface area contributed by atoms with Gasteiger partial charge in [0.05, 0.1) is 0 Å². The van der Waals surface area contributed by atoms with E-state index in [0.717, 1.165) is 25.7 Å². The van der Waals surface area contributed by atoms with Gasteiger partial charge >= 0.3 is 0 Å². The third-order valence-corrected chi connectivity index (χ3v) is 5.05. The van der Waals surface area contributed by atoms with E-state index in [1.165, 1.54) is 35.1 Å². The fraction of sp³-hybridized carbons (Fsp3) is 0.214. The minimum Gasteiger partial charge on any atom is -0.265 e. The predicted molar refractivity (Wildman–Crippen MR) is 125 cm³/mol. The molecule has 0 saturated carbocycles. The average molecular weight is 395 g/mol. The number of aryl methyl sites for hydroxylation is 4. The molecule has 2 aromatic carbocycles. The standard InChI is InChI=1S/2C14H15N/c2*1-2-5-13(6-3-1)7-4-8-14-9-11-15-12-10-14/h2*1-3,5-6,9-12H,4,7-8H2. The number of hydrogen-bond acceptors (Lipinski definition) is 2. The lowest BCUT2D eigenvalue weighted by molar-refractivity contribution is 0.819. The minimum atomic E-state index is 1.14. The van der Waals surface area contributed by atoms with Gasteiger partial charge in [0.2, 0.25) is 0 Å². The maximum absolute atomic E-state index is 4.01. The molecule has 0 fully saturated rings. The Labute approximate surface area is 180 Å². The molecule has 0 saturated heterocycles. The largest absolute Gasteiger partial charge is 0.265 e. The van der Waals surface area contributed by atoms with Gasteiger partial charge in [-0.2, -0.15) is 0 Å². The van der Waals surface area contributed by atoms with Crippen LogP contribution in [0.1, 0.15) is 35.1 Å². The van der Waals surface area contributed by atoms with Crippen LogP contribution in [0.2, 0.25) is 0 Å². The van der Waals surface area contributed by atoms with E-state index in [0.29, 0.717) is 0 Å². The third-order valence-electron chi connectivity index (χ3n) is 5.05. The molecule has 0 amide bonds. The van der Waals surface area contributed by atoms with E-state index < -0.39 is 0 Å². The monoisotopic (exact) mass is 394 g/mol. The summed E-state index contributed by atoms with van der Waals surface area (Å²) < 4.78 is 0. The first-order chi connectivity index (χ1) is 14.9. The van der Waals surface area contributed by atoms with Gasteiger partial charge in [-0.05, 0) is 85.0 Å². The van der Waals surface area contributed by atoms with Crippen molar-refractivity contribution in [3.05, 3.63) is 132 Å². The van der Waals surface area contributed by atoms with Crippen LogP contribution in [-0.4, -0.2) is 9.97 Å². The molecule has 0 bridgehead atoms. The Morgan fingerprint density at radius 2 is 0.667 bits per heavy atom. The van der Waals surface area contributed by atoms with Gasteiger partial charge in [0.1, 0.15) is 0 Å². The number of aromatic nitrogens is 2. The lowest BCUT2D eigenvalue weighted by atomic mass is 10.1. The molecule has 2 heteroatoms. The first kappa shape index (κ1) is 21.4. The van der Waals surface area contributed by atoms with Crippen molar-refractivity contribution in [2.75, 3.05) is 0 Å². The van der Waals surface area contributed by atoms with E-state index in [2.05, 4.69) is 94.9 Å². The topological polar surface area (TPSA) is 25.8 Å². The summed E-state index contributed by atoms with van der Waals surface area (Å²) in [6.45, 7) is 0. The highest BCUT2D eigenvalue weighted by Crippen LogP contribution is 2.08. The van der Waals surface area contributed by atoms with Gasteiger partial charge < -0.3 is 0 Å². The van der Waals surface area contributed by atoms with E-state index in [9.17, 15) is 0 Å². The molecule has 0 spiro atoms. The fourth-order valence-electron chi connectivity index (χ4n) is 3.38. The smallest absolute Gasteiger partial charge is 0.0270 e. The number of hydrogen-bond donors (Lipinski definition) is 0. The number of rotatable bonds is 8. The highest BCUT2D eigenvalue weighted by Gasteiger charge is 1.95. The summed E-state index contributed by atoms with van der Waals surface area (Å²) in [5.74, 6) is 0. The van der Waals surface area contributed by atoms with E-state index in [1.54, 1.807) is 0 Å². The van der Waals surface area contributed by atoms with Crippen LogP contribution in [0, 0.1) is 0 Å². The molecule has 0 aliphatic carbocycles. The lowest BCUT2D eigenvalue weighted by Crippen LogP contribution is -1.89. The SMILES string of the molecule is c1ccc(CCCc2ccncc2)cc1.c1ccc(CCCc2ccncc2)cc1. The molecule has 2 aromatic heterocycles. The number of benzene rings is 2. The van der Waals surface area contributed by atoms with Gasteiger partial charge in [-0.15, -0.1) is 0 Å². The van der Waals surface area contributed by atoms with Gasteiger partial charge in [-0.1, -0.05) is 60.7 Å². The highest BCUT2D eigenvalue weighted by atomic mass is 14.6. The normalized spacial score (nSPS) is 10.1. The molecular formula is C28H30N2. The van der Waals surface area contributed by atoms with Crippen LogP contribution in [0.3, 0.4) is 0 Å². The zero-order valence-electron chi connectivity index (χ0n) is 17.5. The van der Waals surface area contributed by atoms with Gasteiger partial charge in [0.25, 0.3) is 0 Å².